The Labute approximate surface area is 170 Å². The summed E-state index contributed by atoms with van der Waals surface area (Å²) in [5.74, 6) is 1.20. The summed E-state index contributed by atoms with van der Waals surface area (Å²) in [6.07, 6.45) is 0. The number of anilines is 2. The molecule has 0 saturated heterocycles. The van der Waals surface area contributed by atoms with Gasteiger partial charge in [0.2, 0.25) is 11.8 Å². The molecule has 0 amide bonds. The maximum atomic E-state index is 12.1. The Morgan fingerprint density at radius 1 is 1.17 bits per heavy atom. The number of fused-ring (bicyclic) bond motifs is 1. The first-order valence-corrected chi connectivity index (χ1v) is 10.1. The van der Waals surface area contributed by atoms with E-state index in [0.29, 0.717) is 22.6 Å². The molecule has 3 heterocycles. The van der Waals surface area contributed by atoms with Crippen LogP contribution < -0.4 is 16.2 Å². The van der Waals surface area contributed by atoms with E-state index < -0.39 is 0 Å². The van der Waals surface area contributed by atoms with Crippen LogP contribution in [0.25, 0.3) is 17.2 Å². The minimum absolute atomic E-state index is 0.132. The quantitative estimate of drug-likeness (QED) is 0.438. The van der Waals surface area contributed by atoms with Gasteiger partial charge >= 0.3 is 0 Å². The highest BCUT2D eigenvalue weighted by molar-refractivity contribution is 7.98. The largest absolute Gasteiger partial charge is 0.411 e. The zero-order valence-corrected chi connectivity index (χ0v) is 16.8. The van der Waals surface area contributed by atoms with Gasteiger partial charge in [-0.2, -0.15) is 9.50 Å². The predicted octanol–water partition coefficient (Wildman–Crippen LogP) is 2.19. The number of thioether (sulfide) groups is 1. The van der Waals surface area contributed by atoms with Crippen molar-refractivity contribution in [1.82, 2.24) is 29.8 Å². The maximum absolute atomic E-state index is 12.1. The predicted molar refractivity (Wildman–Crippen MR) is 111 cm³/mol. The summed E-state index contributed by atoms with van der Waals surface area (Å²) >= 11 is 1.30. The molecule has 29 heavy (non-hydrogen) atoms. The molecule has 0 atom stereocenters. The van der Waals surface area contributed by atoms with Gasteiger partial charge in [0.05, 0.1) is 5.69 Å². The molecule has 0 spiro atoms. The van der Waals surface area contributed by atoms with Crippen LogP contribution in [0.4, 0.5) is 11.6 Å². The number of nitrogens with zero attached hydrogens (tertiary/aromatic N) is 6. The molecule has 10 nitrogen and oxygen atoms in total. The van der Waals surface area contributed by atoms with E-state index in [2.05, 4.69) is 44.0 Å². The molecule has 0 aliphatic heterocycles. The first kappa shape index (κ1) is 19.0. The van der Waals surface area contributed by atoms with Crippen molar-refractivity contribution in [3.63, 3.8) is 0 Å². The van der Waals surface area contributed by atoms with Crippen LogP contribution >= 0.6 is 11.8 Å². The van der Waals surface area contributed by atoms with Crippen LogP contribution in [0.3, 0.4) is 0 Å². The summed E-state index contributed by atoms with van der Waals surface area (Å²) in [5.41, 5.74) is 7.84. The van der Waals surface area contributed by atoms with E-state index in [1.807, 2.05) is 24.3 Å². The van der Waals surface area contributed by atoms with Gasteiger partial charge in [-0.25, -0.2) is 4.98 Å². The Hall–Kier alpha value is -3.34. The molecular weight excluding hydrogens is 392 g/mol. The molecule has 11 heteroatoms. The summed E-state index contributed by atoms with van der Waals surface area (Å²) in [4.78, 5) is 22.6. The highest BCUT2D eigenvalue weighted by Gasteiger charge is 2.12. The van der Waals surface area contributed by atoms with Crippen molar-refractivity contribution < 1.29 is 4.42 Å². The van der Waals surface area contributed by atoms with E-state index in [0.717, 1.165) is 24.3 Å². The zero-order chi connectivity index (χ0) is 20.4. The topological polar surface area (TPSA) is 131 Å². The highest BCUT2D eigenvalue weighted by atomic mass is 32.2. The molecule has 3 N–H and O–H groups in total. The molecule has 1 aromatic carbocycles. The number of aromatic amines is 1. The molecule has 4 rings (SSSR count). The Kier molecular flexibility index (Phi) is 5.21. The van der Waals surface area contributed by atoms with Crippen molar-refractivity contribution in [2.45, 2.75) is 24.8 Å². The fourth-order valence-electron chi connectivity index (χ4n) is 2.94. The summed E-state index contributed by atoms with van der Waals surface area (Å²) < 4.78 is 6.93. The average molecular weight is 412 g/mol. The van der Waals surface area contributed by atoms with E-state index in [9.17, 15) is 4.79 Å². The number of rotatable bonds is 7. The van der Waals surface area contributed by atoms with Gasteiger partial charge in [-0.15, -0.1) is 10.2 Å². The van der Waals surface area contributed by atoms with Crippen molar-refractivity contribution in [3.05, 3.63) is 46.4 Å². The third kappa shape index (κ3) is 3.94. The summed E-state index contributed by atoms with van der Waals surface area (Å²) in [6, 6.07) is 9.44. The van der Waals surface area contributed by atoms with E-state index in [1.165, 1.54) is 22.3 Å². The number of nitrogens with two attached hydrogens (primary N) is 1. The van der Waals surface area contributed by atoms with Crippen molar-refractivity contribution in [3.8, 4) is 11.5 Å². The molecule has 0 fully saturated rings. The molecule has 0 aliphatic rings. The minimum Gasteiger partial charge on any atom is -0.411 e. The van der Waals surface area contributed by atoms with E-state index in [1.54, 1.807) is 0 Å². The summed E-state index contributed by atoms with van der Waals surface area (Å²) in [5, 5.41) is 11.2. The number of nitrogen functional groups attached to an aromatic ring is 1. The van der Waals surface area contributed by atoms with Crippen LogP contribution in [0.2, 0.25) is 0 Å². The van der Waals surface area contributed by atoms with Crippen LogP contribution in [0.1, 0.15) is 19.5 Å². The normalized spacial score (nSPS) is 11.2. The second kappa shape index (κ2) is 7.95. The van der Waals surface area contributed by atoms with Gasteiger partial charge in [-0.1, -0.05) is 11.8 Å². The fourth-order valence-corrected chi connectivity index (χ4v) is 3.60. The Balaban J connectivity index is 1.46. The zero-order valence-electron chi connectivity index (χ0n) is 16.0. The summed E-state index contributed by atoms with van der Waals surface area (Å²) in [6.45, 7) is 6.15. The van der Waals surface area contributed by atoms with Crippen molar-refractivity contribution in [1.29, 1.82) is 0 Å². The molecule has 0 aliphatic carbocycles. The molecule has 0 saturated carbocycles. The number of H-pyrrole nitrogens is 1. The van der Waals surface area contributed by atoms with Crippen molar-refractivity contribution in [2.24, 2.45) is 0 Å². The lowest BCUT2D eigenvalue weighted by Crippen LogP contribution is -2.21. The van der Waals surface area contributed by atoms with Gasteiger partial charge < -0.3 is 15.1 Å². The van der Waals surface area contributed by atoms with E-state index >= 15 is 0 Å². The lowest BCUT2D eigenvalue weighted by molar-refractivity contribution is 0.466. The van der Waals surface area contributed by atoms with Crippen molar-refractivity contribution >= 4 is 29.2 Å². The highest BCUT2D eigenvalue weighted by Crippen LogP contribution is 2.26. The average Bonchev–Trinajstić information content (AvgIpc) is 3.34. The Morgan fingerprint density at radius 2 is 1.93 bits per heavy atom. The number of hydrogen-bond acceptors (Lipinski definition) is 9. The molecule has 0 unspecified atom stereocenters. The molecule has 3 aromatic heterocycles. The maximum Gasteiger partial charge on any atom is 0.277 e. The second-order valence-corrected chi connectivity index (χ2v) is 7.14. The third-order valence-corrected chi connectivity index (χ3v) is 5.25. The van der Waals surface area contributed by atoms with Crippen LogP contribution in [0, 0.1) is 0 Å². The van der Waals surface area contributed by atoms with Crippen LogP contribution in [-0.4, -0.2) is 42.9 Å². The van der Waals surface area contributed by atoms with E-state index in [4.69, 9.17) is 10.2 Å². The van der Waals surface area contributed by atoms with Gasteiger partial charge in [0.25, 0.3) is 16.6 Å². The van der Waals surface area contributed by atoms with Gasteiger partial charge in [0.15, 0.2) is 0 Å². The third-order valence-electron chi connectivity index (χ3n) is 4.39. The van der Waals surface area contributed by atoms with Gasteiger partial charge in [0.1, 0.15) is 0 Å². The van der Waals surface area contributed by atoms with Gasteiger partial charge in [-0.05, 0) is 38.1 Å². The minimum atomic E-state index is -0.283. The van der Waals surface area contributed by atoms with Crippen LogP contribution in [-0.2, 0) is 5.75 Å². The number of nitrogens with one attached hydrogen (secondary N) is 1. The fraction of sp³-hybridized carbons (Fsp3) is 0.278. The number of hydrogen-bond donors (Lipinski definition) is 2. The lowest BCUT2D eigenvalue weighted by atomic mass is 10.2. The first-order valence-electron chi connectivity index (χ1n) is 9.13. The summed E-state index contributed by atoms with van der Waals surface area (Å²) in [7, 11) is 0. The standard InChI is InChI=1S/C18H20N8O2S/c1-3-25(4-2)13-7-5-11(6-8-13)15-22-23-18(28-15)29-10-12-9-14(27)26-17(20-12)21-16(19)24-26/h5-9H,3-4,10H2,1-2H3,(H3,19,20,21,24). The number of benzene rings is 1. The van der Waals surface area contributed by atoms with E-state index in [-0.39, 0.29) is 17.3 Å². The Bertz CT molecular complexity index is 1180. The molecule has 150 valence electrons. The molecule has 0 radical (unpaired) electrons. The number of aromatic nitrogens is 6. The first-order chi connectivity index (χ1) is 14.1. The Morgan fingerprint density at radius 3 is 2.66 bits per heavy atom. The monoisotopic (exact) mass is 412 g/mol. The van der Waals surface area contributed by atoms with Crippen LogP contribution in [0.5, 0.6) is 0 Å². The van der Waals surface area contributed by atoms with Crippen LogP contribution in [0.15, 0.2) is 44.8 Å². The lowest BCUT2D eigenvalue weighted by Gasteiger charge is -2.20. The molecule has 0 bridgehead atoms. The van der Waals surface area contributed by atoms with Crippen molar-refractivity contribution in [2.75, 3.05) is 23.7 Å². The molecular formula is C18H20N8O2S. The molecule has 4 aromatic rings. The smallest absolute Gasteiger partial charge is 0.277 e. The van der Waals surface area contributed by atoms with Gasteiger partial charge in [-0.3, -0.25) is 9.89 Å². The van der Waals surface area contributed by atoms with Gasteiger partial charge in [0, 0.05) is 36.2 Å². The second-order valence-electron chi connectivity index (χ2n) is 6.21. The SMILES string of the molecule is CCN(CC)c1ccc(-c2nnc(SCc3cc(=O)n4[nH]c(N)nc4n3)o2)cc1.